The molecule has 0 amide bonds. The number of aryl methyl sites for hydroxylation is 2. The third-order valence-electron chi connectivity index (χ3n) is 3.77. The zero-order valence-electron chi connectivity index (χ0n) is 11.3. The van der Waals surface area contributed by atoms with Crippen molar-refractivity contribution < 1.29 is 4.74 Å². The van der Waals surface area contributed by atoms with Gasteiger partial charge in [-0.15, -0.1) is 0 Å². The second kappa shape index (κ2) is 4.99. The molecule has 1 fully saturated rings. The summed E-state index contributed by atoms with van der Waals surface area (Å²) in [4.78, 5) is 0. The highest BCUT2D eigenvalue weighted by Gasteiger charge is 2.42. The molecule has 2 rings (SSSR count). The average Bonchev–Trinajstić information content (AvgIpc) is 3.14. The van der Waals surface area contributed by atoms with Crippen LogP contribution in [0.1, 0.15) is 29.5 Å². The fourth-order valence-corrected chi connectivity index (χ4v) is 2.09. The first-order valence-electron chi connectivity index (χ1n) is 6.36. The first kappa shape index (κ1) is 12.9. The second-order valence-corrected chi connectivity index (χ2v) is 5.24. The molecule has 1 aromatic rings. The minimum absolute atomic E-state index is 0.0903. The topological polar surface area (TPSA) is 45.0 Å². The maximum Gasteiger partial charge on any atom is 0.123 e. The van der Waals surface area contributed by atoms with Gasteiger partial charge < -0.3 is 10.1 Å². The molecule has 1 aliphatic carbocycles. The monoisotopic (exact) mass is 244 g/mol. The maximum atomic E-state index is 9.02. The maximum absolute atomic E-state index is 9.02. The van der Waals surface area contributed by atoms with Crippen molar-refractivity contribution in [3.8, 4) is 11.8 Å². The minimum Gasteiger partial charge on any atom is -0.496 e. The molecule has 0 aromatic heterocycles. The predicted molar refractivity (Wildman–Crippen MR) is 71.5 cm³/mol. The van der Waals surface area contributed by atoms with Crippen LogP contribution in [0.2, 0.25) is 0 Å². The van der Waals surface area contributed by atoms with E-state index in [9.17, 15) is 0 Å². The summed E-state index contributed by atoms with van der Waals surface area (Å²) in [5, 5.41) is 12.4. The summed E-state index contributed by atoms with van der Waals surface area (Å²) in [6.07, 6.45) is 2.06. The molecule has 0 saturated heterocycles. The van der Waals surface area contributed by atoms with E-state index in [1.807, 2.05) is 0 Å². The van der Waals surface area contributed by atoms with E-state index in [-0.39, 0.29) is 5.41 Å². The Morgan fingerprint density at radius 1 is 1.33 bits per heavy atom. The molecule has 0 heterocycles. The fourth-order valence-electron chi connectivity index (χ4n) is 2.09. The first-order valence-corrected chi connectivity index (χ1v) is 6.36. The van der Waals surface area contributed by atoms with Gasteiger partial charge in [0.2, 0.25) is 0 Å². The van der Waals surface area contributed by atoms with Crippen molar-refractivity contribution in [1.82, 2.24) is 5.32 Å². The van der Waals surface area contributed by atoms with Crippen molar-refractivity contribution in [2.45, 2.75) is 33.2 Å². The Hall–Kier alpha value is -1.53. The summed E-state index contributed by atoms with van der Waals surface area (Å²) in [7, 11) is 1.70. The van der Waals surface area contributed by atoms with E-state index in [0.29, 0.717) is 0 Å². The van der Waals surface area contributed by atoms with Crippen molar-refractivity contribution in [2.24, 2.45) is 5.41 Å². The fraction of sp³-hybridized carbons (Fsp3) is 0.533. The van der Waals surface area contributed by atoms with Gasteiger partial charge in [0, 0.05) is 18.7 Å². The van der Waals surface area contributed by atoms with Crippen molar-refractivity contribution >= 4 is 0 Å². The van der Waals surface area contributed by atoms with E-state index in [0.717, 1.165) is 37.2 Å². The summed E-state index contributed by atoms with van der Waals surface area (Å²) >= 11 is 0. The van der Waals surface area contributed by atoms with Crippen molar-refractivity contribution in [2.75, 3.05) is 13.7 Å². The van der Waals surface area contributed by atoms with Gasteiger partial charge in [0.25, 0.3) is 0 Å². The molecule has 0 spiro atoms. The molecule has 1 aromatic carbocycles. The van der Waals surface area contributed by atoms with Crippen LogP contribution >= 0.6 is 0 Å². The van der Waals surface area contributed by atoms with E-state index < -0.39 is 0 Å². The Bertz CT molecular complexity index is 484. The van der Waals surface area contributed by atoms with E-state index in [4.69, 9.17) is 10.00 Å². The molecule has 0 bridgehead atoms. The normalized spacial score (nSPS) is 16.1. The molecular weight excluding hydrogens is 224 g/mol. The quantitative estimate of drug-likeness (QED) is 0.866. The standard InChI is InChI=1S/C15H20N2O/c1-11-6-13(14(18-3)7-12(11)2)8-17-10-15(9-16)4-5-15/h6-7,17H,4-5,8,10H2,1-3H3. The molecule has 0 atom stereocenters. The smallest absolute Gasteiger partial charge is 0.123 e. The molecule has 0 radical (unpaired) electrons. The van der Waals surface area contributed by atoms with Crippen LogP contribution in [0.5, 0.6) is 5.75 Å². The Balaban J connectivity index is 2.00. The molecule has 1 saturated carbocycles. The number of nitrogens with zero attached hydrogens (tertiary/aromatic N) is 1. The lowest BCUT2D eigenvalue weighted by Gasteiger charge is -2.13. The lowest BCUT2D eigenvalue weighted by molar-refractivity contribution is 0.406. The SMILES string of the molecule is COc1cc(C)c(C)cc1CNCC1(C#N)CC1. The highest BCUT2D eigenvalue weighted by atomic mass is 16.5. The van der Waals surface area contributed by atoms with Crippen molar-refractivity contribution in [1.29, 1.82) is 5.26 Å². The van der Waals surface area contributed by atoms with Gasteiger partial charge in [0.15, 0.2) is 0 Å². The number of hydrogen-bond donors (Lipinski definition) is 1. The minimum atomic E-state index is -0.0903. The van der Waals surface area contributed by atoms with E-state index in [2.05, 4.69) is 37.4 Å². The Morgan fingerprint density at radius 2 is 2.00 bits per heavy atom. The third kappa shape index (κ3) is 2.65. The average molecular weight is 244 g/mol. The van der Waals surface area contributed by atoms with E-state index >= 15 is 0 Å². The molecular formula is C15H20N2O. The number of methoxy groups -OCH3 is 1. The number of nitrogens with one attached hydrogen (secondary N) is 1. The molecule has 0 aliphatic heterocycles. The van der Waals surface area contributed by atoms with Gasteiger partial charge in [0.1, 0.15) is 5.75 Å². The summed E-state index contributed by atoms with van der Waals surface area (Å²) in [5.41, 5.74) is 3.59. The zero-order valence-corrected chi connectivity index (χ0v) is 11.3. The van der Waals surface area contributed by atoms with Gasteiger partial charge in [-0.3, -0.25) is 0 Å². The van der Waals surface area contributed by atoms with Gasteiger partial charge in [0.05, 0.1) is 18.6 Å². The lowest BCUT2D eigenvalue weighted by Crippen LogP contribution is -2.22. The summed E-state index contributed by atoms with van der Waals surface area (Å²) in [6, 6.07) is 6.63. The Kier molecular flexibility index (Phi) is 3.58. The number of hydrogen-bond acceptors (Lipinski definition) is 3. The third-order valence-corrected chi connectivity index (χ3v) is 3.77. The number of rotatable bonds is 5. The van der Waals surface area contributed by atoms with Crippen LogP contribution < -0.4 is 10.1 Å². The summed E-state index contributed by atoms with van der Waals surface area (Å²) in [6.45, 7) is 5.73. The molecule has 3 nitrogen and oxygen atoms in total. The van der Waals surface area contributed by atoms with Crippen molar-refractivity contribution in [3.63, 3.8) is 0 Å². The van der Waals surface area contributed by atoms with E-state index in [1.165, 1.54) is 11.1 Å². The Labute approximate surface area is 109 Å². The largest absolute Gasteiger partial charge is 0.496 e. The van der Waals surface area contributed by atoms with Gasteiger partial charge >= 0.3 is 0 Å². The Morgan fingerprint density at radius 3 is 2.56 bits per heavy atom. The first-order chi connectivity index (χ1) is 8.60. The summed E-state index contributed by atoms with van der Waals surface area (Å²) in [5.74, 6) is 0.924. The lowest BCUT2D eigenvalue weighted by atomic mass is 10.0. The van der Waals surface area contributed by atoms with Gasteiger partial charge in [-0.25, -0.2) is 0 Å². The van der Waals surface area contributed by atoms with Crippen LogP contribution in [-0.4, -0.2) is 13.7 Å². The predicted octanol–water partition coefficient (Wildman–Crippen LogP) is 2.71. The van der Waals surface area contributed by atoms with Crippen LogP contribution in [-0.2, 0) is 6.54 Å². The number of ether oxygens (including phenoxy) is 1. The van der Waals surface area contributed by atoms with Gasteiger partial charge in [-0.05, 0) is 43.9 Å². The second-order valence-electron chi connectivity index (χ2n) is 5.24. The summed E-state index contributed by atoms with van der Waals surface area (Å²) < 4.78 is 5.40. The number of benzene rings is 1. The van der Waals surface area contributed by atoms with Crippen LogP contribution in [0.3, 0.4) is 0 Å². The van der Waals surface area contributed by atoms with Gasteiger partial charge in [-0.1, -0.05) is 6.07 Å². The van der Waals surface area contributed by atoms with Crippen LogP contribution in [0.4, 0.5) is 0 Å². The molecule has 18 heavy (non-hydrogen) atoms. The molecule has 1 N–H and O–H groups in total. The molecule has 3 heteroatoms. The number of nitriles is 1. The van der Waals surface area contributed by atoms with Crippen LogP contribution in [0.15, 0.2) is 12.1 Å². The molecule has 1 aliphatic rings. The van der Waals surface area contributed by atoms with E-state index in [1.54, 1.807) is 7.11 Å². The molecule has 0 unspecified atom stereocenters. The highest BCUT2D eigenvalue weighted by Crippen LogP contribution is 2.44. The van der Waals surface area contributed by atoms with Crippen LogP contribution in [0, 0.1) is 30.6 Å². The highest BCUT2D eigenvalue weighted by molar-refractivity contribution is 5.41. The zero-order chi connectivity index (χ0) is 13.2. The molecule has 96 valence electrons. The van der Waals surface area contributed by atoms with Gasteiger partial charge in [-0.2, -0.15) is 5.26 Å². The van der Waals surface area contributed by atoms with Crippen molar-refractivity contribution in [3.05, 3.63) is 28.8 Å². The van der Waals surface area contributed by atoms with Crippen LogP contribution in [0.25, 0.3) is 0 Å².